The van der Waals surface area contributed by atoms with Crippen molar-refractivity contribution in [3.63, 3.8) is 0 Å². The van der Waals surface area contributed by atoms with E-state index < -0.39 is 0 Å². The van der Waals surface area contributed by atoms with Gasteiger partial charge in [-0.2, -0.15) is 0 Å². The molecule has 0 saturated heterocycles. The minimum atomic E-state index is -0.0297. The second-order valence-corrected chi connectivity index (χ2v) is 6.14. The summed E-state index contributed by atoms with van der Waals surface area (Å²) >= 11 is 1.56. The van der Waals surface area contributed by atoms with Gasteiger partial charge in [-0.1, -0.05) is 36.4 Å². The van der Waals surface area contributed by atoms with E-state index in [0.717, 1.165) is 10.6 Å². The van der Waals surface area contributed by atoms with Gasteiger partial charge in [-0.25, -0.2) is 9.97 Å². The summed E-state index contributed by atoms with van der Waals surface area (Å²) < 4.78 is 5.65. The lowest BCUT2D eigenvalue weighted by molar-refractivity contribution is -0.120. The fourth-order valence-electron chi connectivity index (χ4n) is 2.07. The molecule has 3 rings (SSSR count). The van der Waals surface area contributed by atoms with E-state index >= 15 is 0 Å². The Labute approximate surface area is 144 Å². The van der Waals surface area contributed by atoms with Crippen LogP contribution in [0.4, 0.5) is 0 Å². The molecule has 0 aliphatic heterocycles. The Morgan fingerprint density at radius 1 is 1.08 bits per heavy atom. The van der Waals surface area contributed by atoms with E-state index in [1.165, 1.54) is 0 Å². The zero-order valence-electron chi connectivity index (χ0n) is 13.0. The molecule has 0 bridgehead atoms. The van der Waals surface area contributed by atoms with E-state index in [0.29, 0.717) is 30.4 Å². The molecule has 0 fully saturated rings. The van der Waals surface area contributed by atoms with E-state index in [-0.39, 0.29) is 5.91 Å². The highest BCUT2D eigenvalue weighted by Gasteiger charge is 2.08. The molecule has 0 atom stereocenters. The molecule has 2 aromatic heterocycles. The summed E-state index contributed by atoms with van der Waals surface area (Å²) in [6.45, 7) is 0.292. The van der Waals surface area contributed by atoms with Crippen LogP contribution in [0.15, 0.2) is 70.4 Å². The van der Waals surface area contributed by atoms with Crippen LogP contribution < -0.4 is 5.32 Å². The Bertz CT molecular complexity index is 775. The van der Waals surface area contributed by atoms with E-state index in [1.807, 2.05) is 48.5 Å². The Hall–Kier alpha value is -2.60. The second kappa shape index (κ2) is 8.31. The third kappa shape index (κ3) is 4.70. The van der Waals surface area contributed by atoms with Crippen LogP contribution in [0.5, 0.6) is 0 Å². The molecule has 0 aliphatic rings. The maximum atomic E-state index is 11.9. The van der Waals surface area contributed by atoms with Crippen LogP contribution >= 0.6 is 11.8 Å². The number of benzene rings is 1. The molecule has 3 aromatic rings. The van der Waals surface area contributed by atoms with Crippen LogP contribution in [0, 0.1) is 0 Å². The molecule has 0 spiro atoms. The molecule has 2 heterocycles. The van der Waals surface area contributed by atoms with E-state index in [2.05, 4.69) is 15.3 Å². The third-order valence-electron chi connectivity index (χ3n) is 3.27. The quantitative estimate of drug-likeness (QED) is 0.667. The standard InChI is InChI=1S/C18H17N3O2S/c22-16(9-11-24-18-8-4-5-10-19-18)20-13-17-21-12-15(23-17)14-6-2-1-3-7-14/h1-8,10,12H,9,11,13H2,(H,20,22). The largest absolute Gasteiger partial charge is 0.439 e. The lowest BCUT2D eigenvalue weighted by atomic mass is 10.2. The fraction of sp³-hybridized carbons (Fsp3) is 0.167. The van der Waals surface area contributed by atoms with Gasteiger partial charge in [0.2, 0.25) is 11.8 Å². The number of aromatic nitrogens is 2. The molecule has 0 radical (unpaired) electrons. The Balaban J connectivity index is 1.42. The second-order valence-electron chi connectivity index (χ2n) is 5.03. The molecule has 6 heteroatoms. The van der Waals surface area contributed by atoms with Crippen molar-refractivity contribution in [3.8, 4) is 11.3 Å². The van der Waals surface area contributed by atoms with Crippen molar-refractivity contribution in [2.24, 2.45) is 0 Å². The molecule has 0 aliphatic carbocycles. The van der Waals surface area contributed by atoms with Gasteiger partial charge >= 0.3 is 0 Å². The Morgan fingerprint density at radius 3 is 2.71 bits per heavy atom. The number of hydrogen-bond acceptors (Lipinski definition) is 5. The summed E-state index contributed by atoms with van der Waals surface area (Å²) in [4.78, 5) is 20.3. The van der Waals surface area contributed by atoms with E-state index in [1.54, 1.807) is 24.2 Å². The van der Waals surface area contributed by atoms with E-state index in [4.69, 9.17) is 4.42 Å². The van der Waals surface area contributed by atoms with Crippen LogP contribution in [0.2, 0.25) is 0 Å². The summed E-state index contributed by atoms with van der Waals surface area (Å²) in [5.74, 6) is 1.85. The Kier molecular flexibility index (Phi) is 5.63. The van der Waals surface area contributed by atoms with Crippen molar-refractivity contribution < 1.29 is 9.21 Å². The molecule has 122 valence electrons. The number of oxazole rings is 1. The minimum absolute atomic E-state index is 0.0297. The zero-order chi connectivity index (χ0) is 16.6. The summed E-state index contributed by atoms with van der Waals surface area (Å²) in [7, 11) is 0. The van der Waals surface area contributed by atoms with Crippen molar-refractivity contribution >= 4 is 17.7 Å². The van der Waals surface area contributed by atoms with Crippen LogP contribution in [-0.4, -0.2) is 21.6 Å². The number of nitrogens with one attached hydrogen (secondary N) is 1. The van der Waals surface area contributed by atoms with Crippen LogP contribution in [0.3, 0.4) is 0 Å². The number of thioether (sulfide) groups is 1. The Morgan fingerprint density at radius 2 is 1.92 bits per heavy atom. The third-order valence-corrected chi connectivity index (χ3v) is 4.21. The van der Waals surface area contributed by atoms with Gasteiger partial charge in [0.05, 0.1) is 17.8 Å². The smallest absolute Gasteiger partial charge is 0.221 e. The number of carbonyl (C=O) groups excluding carboxylic acids is 1. The average molecular weight is 339 g/mol. The van der Waals surface area contributed by atoms with Gasteiger partial charge in [-0.05, 0) is 12.1 Å². The SMILES string of the molecule is O=C(CCSc1ccccn1)NCc1ncc(-c2ccccc2)o1. The first-order valence-electron chi connectivity index (χ1n) is 7.62. The van der Waals surface area contributed by atoms with Crippen LogP contribution in [0.1, 0.15) is 12.3 Å². The first-order valence-corrected chi connectivity index (χ1v) is 8.60. The van der Waals surface area contributed by atoms with Gasteiger partial charge in [0.15, 0.2) is 5.76 Å². The number of amides is 1. The lowest BCUT2D eigenvalue weighted by Gasteiger charge is -2.02. The lowest BCUT2D eigenvalue weighted by Crippen LogP contribution is -2.23. The van der Waals surface area contributed by atoms with Crippen LogP contribution in [-0.2, 0) is 11.3 Å². The first-order chi connectivity index (χ1) is 11.8. The predicted molar refractivity (Wildman–Crippen MR) is 93.4 cm³/mol. The maximum Gasteiger partial charge on any atom is 0.221 e. The van der Waals surface area contributed by atoms with Gasteiger partial charge in [-0.3, -0.25) is 4.79 Å². The molecule has 1 aromatic carbocycles. The van der Waals surface area contributed by atoms with Gasteiger partial charge in [0.25, 0.3) is 0 Å². The predicted octanol–water partition coefficient (Wildman–Crippen LogP) is 3.54. The molecule has 0 unspecified atom stereocenters. The van der Waals surface area contributed by atoms with Gasteiger partial charge in [0, 0.05) is 23.9 Å². The fourth-order valence-corrected chi connectivity index (χ4v) is 2.88. The van der Waals surface area contributed by atoms with Crippen molar-refractivity contribution in [1.29, 1.82) is 0 Å². The summed E-state index contributed by atoms with van der Waals surface area (Å²) in [6, 6.07) is 15.5. The van der Waals surface area contributed by atoms with Crippen molar-refractivity contribution in [1.82, 2.24) is 15.3 Å². The topological polar surface area (TPSA) is 68.0 Å². The monoisotopic (exact) mass is 339 g/mol. The number of nitrogens with zero attached hydrogens (tertiary/aromatic N) is 2. The van der Waals surface area contributed by atoms with Crippen molar-refractivity contribution in [3.05, 3.63) is 66.8 Å². The minimum Gasteiger partial charge on any atom is -0.439 e. The number of hydrogen-bond donors (Lipinski definition) is 1. The van der Waals surface area contributed by atoms with Gasteiger partial charge < -0.3 is 9.73 Å². The average Bonchev–Trinajstić information content (AvgIpc) is 3.11. The van der Waals surface area contributed by atoms with E-state index in [9.17, 15) is 4.79 Å². The van der Waals surface area contributed by atoms with Gasteiger partial charge in [-0.15, -0.1) is 11.8 Å². The van der Waals surface area contributed by atoms with Crippen molar-refractivity contribution in [2.45, 2.75) is 18.0 Å². The number of rotatable bonds is 7. The molecular formula is C18H17N3O2S. The highest BCUT2D eigenvalue weighted by Crippen LogP contribution is 2.19. The molecular weight excluding hydrogens is 322 g/mol. The summed E-state index contributed by atoms with van der Waals surface area (Å²) in [5.41, 5.74) is 0.967. The molecule has 1 N–H and O–H groups in total. The number of pyridine rings is 1. The van der Waals surface area contributed by atoms with Crippen LogP contribution in [0.25, 0.3) is 11.3 Å². The summed E-state index contributed by atoms with van der Waals surface area (Å²) in [5, 5.41) is 3.74. The molecule has 24 heavy (non-hydrogen) atoms. The normalized spacial score (nSPS) is 10.5. The first kappa shape index (κ1) is 16.3. The van der Waals surface area contributed by atoms with Crippen molar-refractivity contribution in [2.75, 3.05) is 5.75 Å². The molecule has 0 saturated carbocycles. The highest BCUT2D eigenvalue weighted by atomic mass is 32.2. The molecule has 5 nitrogen and oxygen atoms in total. The maximum absolute atomic E-state index is 11.9. The summed E-state index contributed by atoms with van der Waals surface area (Å²) in [6.07, 6.45) is 3.84. The molecule has 1 amide bonds. The zero-order valence-corrected chi connectivity index (χ0v) is 13.8. The number of carbonyl (C=O) groups is 1. The highest BCUT2D eigenvalue weighted by molar-refractivity contribution is 7.99. The van der Waals surface area contributed by atoms with Gasteiger partial charge in [0.1, 0.15) is 0 Å².